The molecule has 1 aromatic rings. The van der Waals surface area contributed by atoms with Gasteiger partial charge in [0.15, 0.2) is 0 Å². The Bertz CT molecular complexity index is 654. The molecule has 9 heteroatoms. The van der Waals surface area contributed by atoms with Crippen molar-refractivity contribution in [2.75, 3.05) is 0 Å². The van der Waals surface area contributed by atoms with E-state index in [1.807, 2.05) is 5.32 Å². The molecule has 1 aliphatic rings. The summed E-state index contributed by atoms with van der Waals surface area (Å²) < 4.78 is 70.8. The monoisotopic (exact) mass is 311 g/mol. The number of hydrogen-bond donors (Lipinski definition) is 1. The summed E-state index contributed by atoms with van der Waals surface area (Å²) in [6.45, 7) is 0. The second kappa shape index (κ2) is 4.72. The highest BCUT2D eigenvalue weighted by atomic mass is 32.3. The second-order valence-corrected chi connectivity index (χ2v) is 5.71. The fraction of sp³-hybridized carbons (Fsp3) is 0.364. The average molecular weight is 311 g/mol. The maximum atomic E-state index is 12.8. The fourth-order valence-corrected chi connectivity index (χ4v) is 2.65. The lowest BCUT2D eigenvalue weighted by Gasteiger charge is -2.15. The van der Waals surface area contributed by atoms with Crippen molar-refractivity contribution in [3.05, 3.63) is 29.3 Å². The van der Waals surface area contributed by atoms with Gasteiger partial charge in [0.1, 0.15) is 0 Å². The number of halogens is 4. The number of nitrogens with one attached hydrogen (secondary N) is 1. The standard InChI is InChI=1S/C11H9F4NO3S/c12-11(13,14)10(17)16-9-4-1-6-5-7(20(15,18)19)2-3-8(6)9/h2-3,5,9H,1,4H2,(H,16,17). The lowest BCUT2D eigenvalue weighted by Crippen LogP contribution is -2.38. The van der Waals surface area contributed by atoms with E-state index in [2.05, 4.69) is 0 Å². The van der Waals surface area contributed by atoms with Crippen molar-refractivity contribution < 1.29 is 30.3 Å². The first-order valence-corrected chi connectivity index (χ1v) is 6.92. The van der Waals surface area contributed by atoms with E-state index in [-0.39, 0.29) is 12.8 Å². The first-order chi connectivity index (χ1) is 9.09. The summed E-state index contributed by atoms with van der Waals surface area (Å²) >= 11 is 0. The van der Waals surface area contributed by atoms with Gasteiger partial charge >= 0.3 is 22.3 Å². The third-order valence-electron chi connectivity index (χ3n) is 3.04. The van der Waals surface area contributed by atoms with Crippen molar-refractivity contribution >= 4 is 16.1 Å². The van der Waals surface area contributed by atoms with E-state index >= 15 is 0 Å². The summed E-state index contributed by atoms with van der Waals surface area (Å²) in [5.74, 6) is -2.06. The third-order valence-corrected chi connectivity index (χ3v) is 3.85. The maximum Gasteiger partial charge on any atom is 0.471 e. The van der Waals surface area contributed by atoms with Gasteiger partial charge in [0, 0.05) is 0 Å². The molecular formula is C11H9F4NO3S. The largest absolute Gasteiger partial charge is 0.471 e. The van der Waals surface area contributed by atoms with Gasteiger partial charge in [-0.1, -0.05) is 6.07 Å². The molecule has 0 aliphatic heterocycles. The summed E-state index contributed by atoms with van der Waals surface area (Å²) in [4.78, 5) is 10.3. The molecule has 110 valence electrons. The molecule has 0 radical (unpaired) electrons. The highest BCUT2D eigenvalue weighted by Crippen LogP contribution is 2.33. The normalized spacial score (nSPS) is 18.7. The topological polar surface area (TPSA) is 63.2 Å². The Hall–Kier alpha value is -1.64. The highest BCUT2D eigenvalue weighted by molar-refractivity contribution is 7.86. The van der Waals surface area contributed by atoms with Gasteiger partial charge in [0.2, 0.25) is 0 Å². The number of carbonyl (C=O) groups excluding carboxylic acids is 1. The average Bonchev–Trinajstić information content (AvgIpc) is 2.69. The van der Waals surface area contributed by atoms with Crippen molar-refractivity contribution in [3.8, 4) is 0 Å². The van der Waals surface area contributed by atoms with Crippen molar-refractivity contribution in [3.63, 3.8) is 0 Å². The van der Waals surface area contributed by atoms with E-state index < -0.39 is 33.2 Å². The summed E-state index contributed by atoms with van der Waals surface area (Å²) in [5.41, 5.74) is 0.784. The van der Waals surface area contributed by atoms with Crippen LogP contribution in [-0.2, 0) is 21.4 Å². The van der Waals surface area contributed by atoms with Crippen molar-refractivity contribution in [1.29, 1.82) is 0 Å². The maximum absolute atomic E-state index is 12.8. The third kappa shape index (κ3) is 2.92. The first-order valence-electron chi connectivity index (χ1n) is 5.54. The highest BCUT2D eigenvalue weighted by Gasteiger charge is 2.40. The van der Waals surface area contributed by atoms with Crippen LogP contribution in [0.15, 0.2) is 23.1 Å². The number of aryl methyl sites for hydroxylation is 1. The molecule has 2 rings (SSSR count). The minimum Gasteiger partial charge on any atom is -0.341 e. The van der Waals surface area contributed by atoms with Crippen LogP contribution in [0.25, 0.3) is 0 Å². The van der Waals surface area contributed by atoms with Crippen LogP contribution in [0, 0.1) is 0 Å². The number of alkyl halides is 3. The van der Waals surface area contributed by atoms with E-state index in [1.54, 1.807) is 0 Å². The van der Waals surface area contributed by atoms with Crippen LogP contribution >= 0.6 is 0 Å². The number of fused-ring (bicyclic) bond motifs is 1. The molecule has 0 fully saturated rings. The second-order valence-electron chi connectivity index (χ2n) is 4.36. The van der Waals surface area contributed by atoms with Crippen LogP contribution in [0.3, 0.4) is 0 Å². The number of carbonyl (C=O) groups is 1. The molecule has 20 heavy (non-hydrogen) atoms. The van der Waals surface area contributed by atoms with Crippen molar-refractivity contribution in [2.45, 2.75) is 30.0 Å². The van der Waals surface area contributed by atoms with Gasteiger partial charge in [-0.25, -0.2) is 0 Å². The Morgan fingerprint density at radius 3 is 2.50 bits per heavy atom. The smallest absolute Gasteiger partial charge is 0.341 e. The van der Waals surface area contributed by atoms with Crippen LogP contribution in [0.1, 0.15) is 23.6 Å². The Morgan fingerprint density at radius 2 is 1.95 bits per heavy atom. The molecule has 0 spiro atoms. The minimum atomic E-state index is -4.98. The van der Waals surface area contributed by atoms with E-state index in [0.717, 1.165) is 12.1 Å². The van der Waals surface area contributed by atoms with E-state index in [9.17, 15) is 30.3 Å². The lowest BCUT2D eigenvalue weighted by molar-refractivity contribution is -0.174. The first kappa shape index (κ1) is 14.8. The molecular weight excluding hydrogens is 302 g/mol. The fourth-order valence-electron chi connectivity index (χ4n) is 2.14. The molecule has 1 aliphatic carbocycles. The Labute approximate surface area is 112 Å². The molecule has 0 aromatic heterocycles. The molecule has 1 aromatic carbocycles. The molecule has 4 nitrogen and oxygen atoms in total. The lowest BCUT2D eigenvalue weighted by atomic mass is 10.1. The zero-order valence-electron chi connectivity index (χ0n) is 9.87. The molecule has 0 bridgehead atoms. The summed E-state index contributed by atoms with van der Waals surface area (Å²) in [6, 6.07) is 2.41. The number of hydrogen-bond acceptors (Lipinski definition) is 3. The quantitative estimate of drug-likeness (QED) is 0.671. The predicted octanol–water partition coefficient (Wildman–Crippen LogP) is 2.01. The summed E-state index contributed by atoms with van der Waals surface area (Å²) in [5, 5.41) is 1.83. The van der Waals surface area contributed by atoms with Crippen molar-refractivity contribution in [1.82, 2.24) is 5.32 Å². The van der Waals surface area contributed by atoms with Gasteiger partial charge in [-0.15, -0.1) is 3.89 Å². The van der Waals surface area contributed by atoms with Gasteiger partial charge in [0.25, 0.3) is 0 Å². The predicted molar refractivity (Wildman–Crippen MR) is 60.0 cm³/mol. The van der Waals surface area contributed by atoms with Gasteiger partial charge in [-0.05, 0) is 36.1 Å². The van der Waals surface area contributed by atoms with Crippen LogP contribution in [0.5, 0.6) is 0 Å². The molecule has 0 heterocycles. The Kier molecular flexibility index (Phi) is 3.49. The molecule has 1 N–H and O–H groups in total. The zero-order chi connectivity index (χ0) is 15.1. The summed E-state index contributed by atoms with van der Waals surface area (Å²) in [7, 11) is -4.86. The van der Waals surface area contributed by atoms with Crippen LogP contribution in [0.4, 0.5) is 17.1 Å². The van der Waals surface area contributed by atoms with Gasteiger partial charge < -0.3 is 5.32 Å². The number of amides is 1. The molecule has 1 unspecified atom stereocenters. The molecule has 0 saturated heterocycles. The van der Waals surface area contributed by atoms with E-state index in [0.29, 0.717) is 11.1 Å². The molecule has 1 atom stereocenters. The van der Waals surface area contributed by atoms with Gasteiger partial charge in [-0.3, -0.25) is 4.79 Å². The van der Waals surface area contributed by atoms with E-state index in [1.165, 1.54) is 6.07 Å². The number of benzene rings is 1. The van der Waals surface area contributed by atoms with Crippen LogP contribution < -0.4 is 5.32 Å². The van der Waals surface area contributed by atoms with Gasteiger partial charge in [-0.2, -0.15) is 21.6 Å². The van der Waals surface area contributed by atoms with Crippen molar-refractivity contribution in [2.24, 2.45) is 0 Å². The Balaban J connectivity index is 2.25. The van der Waals surface area contributed by atoms with Gasteiger partial charge in [0.05, 0.1) is 10.9 Å². The van der Waals surface area contributed by atoms with Crippen LogP contribution in [-0.4, -0.2) is 20.5 Å². The molecule has 0 saturated carbocycles. The SMILES string of the molecule is O=C(NC1CCc2cc(S(=O)(=O)F)ccc21)C(F)(F)F. The Morgan fingerprint density at radius 1 is 1.30 bits per heavy atom. The number of rotatable bonds is 2. The molecule has 1 amide bonds. The van der Waals surface area contributed by atoms with Crippen LogP contribution in [0.2, 0.25) is 0 Å². The summed E-state index contributed by atoms with van der Waals surface area (Å²) in [6.07, 6.45) is -4.51. The van der Waals surface area contributed by atoms with E-state index in [4.69, 9.17) is 0 Å². The zero-order valence-corrected chi connectivity index (χ0v) is 10.7. The minimum absolute atomic E-state index is 0.201.